The van der Waals surface area contributed by atoms with Gasteiger partial charge in [0, 0.05) is 12.1 Å². The average molecular weight is 369 g/mol. The molecule has 2 unspecified atom stereocenters. The van der Waals surface area contributed by atoms with E-state index in [9.17, 15) is 9.90 Å². The first-order valence-corrected chi connectivity index (χ1v) is 8.45. The number of hydrazine groups is 1. The third kappa shape index (κ3) is 3.51. The Hall–Kier alpha value is -2.92. The normalized spacial score (nSPS) is 20.7. The topological polar surface area (TPSA) is 131 Å². The van der Waals surface area contributed by atoms with Gasteiger partial charge in [0.2, 0.25) is 0 Å². The van der Waals surface area contributed by atoms with E-state index in [1.165, 1.54) is 6.33 Å². The van der Waals surface area contributed by atoms with Gasteiger partial charge in [-0.3, -0.25) is 15.2 Å². The largest absolute Gasteiger partial charge is 0.394 e. The number of anilines is 1. The third-order valence-electron chi connectivity index (χ3n) is 4.32. The Kier molecular flexibility index (Phi) is 4.77. The molecule has 1 aromatic carbocycles. The fourth-order valence-electron chi connectivity index (χ4n) is 3.02. The number of amides is 1. The maximum absolute atomic E-state index is 12.4. The summed E-state index contributed by atoms with van der Waals surface area (Å²) in [4.78, 5) is 25.2. The van der Waals surface area contributed by atoms with E-state index in [0.29, 0.717) is 35.6 Å². The number of carbonyl (C=O) groups excluding carboxylic acids is 1. The molecule has 0 radical (unpaired) electrons. The van der Waals surface area contributed by atoms with Crippen LogP contribution in [0.25, 0.3) is 11.2 Å². The van der Waals surface area contributed by atoms with Crippen LogP contribution in [0.3, 0.4) is 0 Å². The van der Waals surface area contributed by atoms with Gasteiger partial charge in [0.1, 0.15) is 6.33 Å². The number of hydrogen-bond acceptors (Lipinski definition) is 8. The molecule has 10 heteroatoms. The molecular weight excluding hydrogens is 350 g/mol. The zero-order valence-corrected chi connectivity index (χ0v) is 14.4. The molecule has 4 rings (SSSR count). The summed E-state index contributed by atoms with van der Waals surface area (Å²) in [6.07, 6.45) is 2.06. The molecule has 1 aliphatic rings. The van der Waals surface area contributed by atoms with E-state index in [0.717, 1.165) is 0 Å². The lowest BCUT2D eigenvalue weighted by atomic mass is 10.2. The summed E-state index contributed by atoms with van der Waals surface area (Å²) in [6, 6.07) is 8.84. The summed E-state index contributed by atoms with van der Waals surface area (Å²) in [5.74, 6) is 5.95. The minimum Gasteiger partial charge on any atom is -0.394 e. The van der Waals surface area contributed by atoms with Crippen molar-refractivity contribution in [2.45, 2.75) is 12.3 Å². The Morgan fingerprint density at radius 3 is 2.85 bits per heavy atom. The van der Waals surface area contributed by atoms with E-state index in [4.69, 9.17) is 10.6 Å². The first kappa shape index (κ1) is 17.5. The third-order valence-corrected chi connectivity index (χ3v) is 4.32. The number of ether oxygens (including phenoxy) is 1. The second-order valence-electron chi connectivity index (χ2n) is 6.22. The van der Waals surface area contributed by atoms with Crippen LogP contribution in [-0.4, -0.2) is 61.3 Å². The second-order valence-corrected chi connectivity index (χ2v) is 6.22. The number of fused-ring (bicyclic) bond motifs is 1. The van der Waals surface area contributed by atoms with Gasteiger partial charge in [-0.2, -0.15) is 0 Å². The Bertz CT molecular complexity index is 946. The van der Waals surface area contributed by atoms with Crippen LogP contribution in [0.1, 0.15) is 16.6 Å². The summed E-state index contributed by atoms with van der Waals surface area (Å²) in [6.45, 7) is 0.717. The minimum atomic E-state index is -0.460. The van der Waals surface area contributed by atoms with Gasteiger partial charge in [-0.1, -0.05) is 18.2 Å². The Balaban J connectivity index is 1.63. The van der Waals surface area contributed by atoms with Gasteiger partial charge in [-0.25, -0.2) is 20.0 Å². The van der Waals surface area contributed by atoms with Gasteiger partial charge in [0.15, 0.2) is 23.2 Å². The predicted molar refractivity (Wildman–Crippen MR) is 96.5 cm³/mol. The molecule has 1 amide bonds. The monoisotopic (exact) mass is 369 g/mol. The van der Waals surface area contributed by atoms with Crippen LogP contribution >= 0.6 is 0 Å². The number of carbonyl (C=O) groups is 1. The highest BCUT2D eigenvalue weighted by Crippen LogP contribution is 2.25. The predicted octanol–water partition coefficient (Wildman–Crippen LogP) is 0.144. The van der Waals surface area contributed by atoms with E-state index in [1.54, 1.807) is 40.2 Å². The summed E-state index contributed by atoms with van der Waals surface area (Å²) >= 11 is 0. The Morgan fingerprint density at radius 1 is 1.26 bits per heavy atom. The first-order chi connectivity index (χ1) is 13.2. The lowest BCUT2D eigenvalue weighted by Gasteiger charge is -2.35. The quantitative estimate of drug-likeness (QED) is 0.554. The number of benzene rings is 1. The molecular formula is C17H19N7O3. The molecule has 2 aromatic heterocycles. The van der Waals surface area contributed by atoms with Crippen LogP contribution in [0.15, 0.2) is 43.0 Å². The van der Waals surface area contributed by atoms with Crippen LogP contribution in [0, 0.1) is 0 Å². The van der Waals surface area contributed by atoms with E-state index in [-0.39, 0.29) is 12.5 Å². The number of nitrogens with zero attached hydrogens (tertiary/aromatic N) is 5. The zero-order chi connectivity index (χ0) is 18.8. The summed E-state index contributed by atoms with van der Waals surface area (Å²) in [5.41, 5.74) is 1.47. The van der Waals surface area contributed by atoms with Crippen LogP contribution in [0.5, 0.6) is 0 Å². The van der Waals surface area contributed by atoms with Crippen LogP contribution < -0.4 is 11.2 Å². The number of morpholine rings is 1. The highest BCUT2D eigenvalue weighted by atomic mass is 16.5. The standard InChI is InChI=1S/C17H19N7O3/c18-23-6-12(8-25)27-13(7-23)24-10-21-14-15(19-9-20-16(14)24)22-17(26)11-4-2-1-3-5-11/h1-5,9-10,12-13,25H,6-8,18H2,(H,19,20,22,26). The van der Waals surface area contributed by atoms with Crippen molar-refractivity contribution < 1.29 is 14.6 Å². The van der Waals surface area contributed by atoms with Crippen molar-refractivity contribution in [3.8, 4) is 0 Å². The molecule has 10 nitrogen and oxygen atoms in total. The number of aromatic nitrogens is 4. The number of aliphatic hydroxyl groups excluding tert-OH is 1. The molecule has 0 spiro atoms. The number of imidazole rings is 1. The van der Waals surface area contributed by atoms with E-state index in [2.05, 4.69) is 20.3 Å². The van der Waals surface area contributed by atoms with Crippen molar-refractivity contribution >= 4 is 22.9 Å². The number of nitrogens with two attached hydrogens (primary N) is 1. The van der Waals surface area contributed by atoms with Crippen LogP contribution in [-0.2, 0) is 4.74 Å². The van der Waals surface area contributed by atoms with Crippen molar-refractivity contribution in [2.24, 2.45) is 5.84 Å². The van der Waals surface area contributed by atoms with Crippen LogP contribution in [0.2, 0.25) is 0 Å². The molecule has 2 atom stereocenters. The SMILES string of the molecule is NN1CC(CO)OC(n2cnc3c(NC(=O)c4ccccc4)ncnc32)C1. The van der Waals surface area contributed by atoms with Crippen molar-refractivity contribution in [2.75, 3.05) is 25.0 Å². The molecule has 0 saturated carbocycles. The second kappa shape index (κ2) is 7.37. The molecule has 1 aliphatic heterocycles. The highest BCUT2D eigenvalue weighted by molar-refractivity contribution is 6.06. The zero-order valence-electron chi connectivity index (χ0n) is 14.4. The van der Waals surface area contributed by atoms with Crippen molar-refractivity contribution in [1.82, 2.24) is 24.5 Å². The lowest BCUT2D eigenvalue weighted by Crippen LogP contribution is -2.50. The van der Waals surface area contributed by atoms with E-state index < -0.39 is 12.3 Å². The number of hydrogen-bond donors (Lipinski definition) is 3. The molecule has 3 aromatic rings. The van der Waals surface area contributed by atoms with Gasteiger partial charge in [-0.15, -0.1) is 0 Å². The fraction of sp³-hybridized carbons (Fsp3) is 0.294. The van der Waals surface area contributed by atoms with Crippen molar-refractivity contribution in [3.05, 3.63) is 48.5 Å². The van der Waals surface area contributed by atoms with E-state index >= 15 is 0 Å². The molecule has 1 saturated heterocycles. The van der Waals surface area contributed by atoms with Gasteiger partial charge < -0.3 is 15.2 Å². The van der Waals surface area contributed by atoms with E-state index in [1.807, 2.05) is 6.07 Å². The van der Waals surface area contributed by atoms with Gasteiger partial charge in [-0.05, 0) is 12.1 Å². The molecule has 0 aliphatic carbocycles. The van der Waals surface area contributed by atoms with Gasteiger partial charge >= 0.3 is 0 Å². The number of nitrogens with one attached hydrogen (secondary N) is 1. The van der Waals surface area contributed by atoms with Crippen molar-refractivity contribution in [3.63, 3.8) is 0 Å². The summed E-state index contributed by atoms with van der Waals surface area (Å²) < 4.78 is 7.57. The molecule has 4 N–H and O–H groups in total. The molecule has 27 heavy (non-hydrogen) atoms. The average Bonchev–Trinajstić information content (AvgIpc) is 3.13. The molecule has 1 fully saturated rings. The van der Waals surface area contributed by atoms with Crippen molar-refractivity contribution in [1.29, 1.82) is 0 Å². The minimum absolute atomic E-state index is 0.135. The lowest BCUT2D eigenvalue weighted by molar-refractivity contribution is -0.133. The smallest absolute Gasteiger partial charge is 0.256 e. The maximum atomic E-state index is 12.4. The number of rotatable bonds is 4. The number of aliphatic hydroxyl groups is 1. The van der Waals surface area contributed by atoms with Crippen LogP contribution in [0.4, 0.5) is 5.82 Å². The Labute approximate surface area is 154 Å². The molecule has 0 bridgehead atoms. The molecule has 3 heterocycles. The van der Waals surface area contributed by atoms with Gasteiger partial charge in [0.25, 0.3) is 5.91 Å². The summed E-state index contributed by atoms with van der Waals surface area (Å²) in [7, 11) is 0. The molecule has 140 valence electrons. The van der Waals surface area contributed by atoms with Gasteiger partial charge in [0.05, 0.1) is 25.6 Å². The highest BCUT2D eigenvalue weighted by Gasteiger charge is 2.28. The maximum Gasteiger partial charge on any atom is 0.256 e. The Morgan fingerprint density at radius 2 is 2.07 bits per heavy atom. The summed E-state index contributed by atoms with van der Waals surface area (Å²) in [5, 5.41) is 13.7. The fourth-order valence-corrected chi connectivity index (χ4v) is 3.02. The first-order valence-electron chi connectivity index (χ1n) is 8.45.